The number of carbonyl (C=O) groups is 1. The SMILES string of the molecule is [C-]#[N+]c1c(Nc2ccc(C(N)=O)cc2)ncnc1Oc1cc(F)c2c(c1F)C=C(C)C2. The molecule has 1 heterocycles. The molecule has 4 rings (SSSR count). The summed E-state index contributed by atoms with van der Waals surface area (Å²) in [6.07, 6.45) is 3.04. The van der Waals surface area contributed by atoms with Crippen LogP contribution in [0, 0.1) is 18.2 Å². The van der Waals surface area contributed by atoms with Gasteiger partial charge in [-0.1, -0.05) is 11.6 Å². The van der Waals surface area contributed by atoms with Gasteiger partial charge < -0.3 is 15.8 Å². The predicted octanol–water partition coefficient (Wildman–Crippen LogP) is 4.90. The Bertz CT molecular complexity index is 1280. The molecule has 0 aliphatic heterocycles. The van der Waals surface area contributed by atoms with Gasteiger partial charge in [0.1, 0.15) is 18.0 Å². The Kier molecular flexibility index (Phi) is 5.05. The molecule has 0 fully saturated rings. The molecule has 1 aliphatic rings. The molecule has 3 aromatic rings. The fourth-order valence-corrected chi connectivity index (χ4v) is 3.23. The van der Waals surface area contributed by atoms with E-state index in [1.54, 1.807) is 25.1 Å². The molecule has 0 spiro atoms. The number of amides is 1. The van der Waals surface area contributed by atoms with Crippen molar-refractivity contribution >= 4 is 29.2 Å². The largest absolute Gasteiger partial charge is 0.446 e. The number of rotatable bonds is 5. The van der Waals surface area contributed by atoms with Gasteiger partial charge in [0.2, 0.25) is 11.8 Å². The lowest BCUT2D eigenvalue weighted by Gasteiger charge is -2.13. The monoisotopic (exact) mass is 419 g/mol. The Morgan fingerprint density at radius 1 is 1.26 bits per heavy atom. The summed E-state index contributed by atoms with van der Waals surface area (Å²) in [6, 6.07) is 7.14. The first-order valence-corrected chi connectivity index (χ1v) is 9.12. The third-order valence-corrected chi connectivity index (χ3v) is 4.71. The number of nitrogens with zero attached hydrogens (tertiary/aromatic N) is 3. The van der Waals surface area contributed by atoms with E-state index in [2.05, 4.69) is 20.1 Å². The van der Waals surface area contributed by atoms with Gasteiger partial charge in [0, 0.05) is 28.4 Å². The fourth-order valence-electron chi connectivity index (χ4n) is 3.23. The average Bonchev–Trinajstić information content (AvgIpc) is 3.15. The summed E-state index contributed by atoms with van der Waals surface area (Å²) in [6.45, 7) is 9.27. The van der Waals surface area contributed by atoms with Gasteiger partial charge in [-0.05, 0) is 37.6 Å². The van der Waals surface area contributed by atoms with Crippen LogP contribution in [0.4, 0.5) is 26.0 Å². The van der Waals surface area contributed by atoms with Crippen molar-refractivity contribution in [2.24, 2.45) is 5.73 Å². The fraction of sp³-hybridized carbons (Fsp3) is 0.0909. The molecule has 7 nitrogen and oxygen atoms in total. The first kappa shape index (κ1) is 20.0. The first-order valence-electron chi connectivity index (χ1n) is 9.12. The molecule has 9 heteroatoms. The number of nitrogens with one attached hydrogen (secondary N) is 1. The van der Waals surface area contributed by atoms with E-state index >= 15 is 0 Å². The molecule has 0 atom stereocenters. The summed E-state index contributed by atoms with van der Waals surface area (Å²) in [4.78, 5) is 22.5. The molecular formula is C22H15F2N5O2. The van der Waals surface area contributed by atoms with Gasteiger partial charge >= 0.3 is 0 Å². The molecular weight excluding hydrogens is 404 g/mol. The zero-order valence-corrected chi connectivity index (χ0v) is 16.2. The lowest BCUT2D eigenvalue weighted by Crippen LogP contribution is -2.10. The standard InChI is InChI=1S/C22H15F2N5O2/c1-11-7-14-15(8-11)18(24)17(9-16(14)23)31-22-19(26-2)21(27-10-28-22)29-13-5-3-12(4-6-13)20(25)30/h3-6,8-10H,7H2,1H3,(H2,25,30)(H,27,28,29). The van der Waals surface area contributed by atoms with Crippen LogP contribution >= 0.6 is 0 Å². The Morgan fingerprint density at radius 2 is 2.00 bits per heavy atom. The zero-order chi connectivity index (χ0) is 22.1. The number of hydrogen-bond acceptors (Lipinski definition) is 5. The first-order chi connectivity index (χ1) is 14.9. The average molecular weight is 419 g/mol. The van der Waals surface area contributed by atoms with Crippen LogP contribution in [0.1, 0.15) is 28.4 Å². The van der Waals surface area contributed by atoms with Crippen molar-refractivity contribution in [3.8, 4) is 11.6 Å². The number of fused-ring (bicyclic) bond motifs is 1. The highest BCUT2D eigenvalue weighted by atomic mass is 19.1. The molecule has 1 aromatic heterocycles. The molecule has 0 saturated heterocycles. The Hall–Kier alpha value is -4.32. The second kappa shape index (κ2) is 7.84. The molecule has 0 radical (unpaired) electrons. The number of hydrogen-bond donors (Lipinski definition) is 2. The maximum Gasteiger partial charge on any atom is 0.288 e. The van der Waals surface area contributed by atoms with Crippen molar-refractivity contribution in [2.45, 2.75) is 13.3 Å². The molecule has 154 valence electrons. The minimum Gasteiger partial charge on any atom is -0.446 e. The number of anilines is 2. The van der Waals surface area contributed by atoms with Crippen LogP contribution in [-0.4, -0.2) is 15.9 Å². The van der Waals surface area contributed by atoms with E-state index in [-0.39, 0.29) is 34.3 Å². The topological polar surface area (TPSA) is 94.5 Å². The van der Waals surface area contributed by atoms with Crippen LogP contribution in [0.3, 0.4) is 0 Å². The Morgan fingerprint density at radius 3 is 2.68 bits per heavy atom. The predicted molar refractivity (Wildman–Crippen MR) is 110 cm³/mol. The molecule has 1 aliphatic carbocycles. The van der Waals surface area contributed by atoms with Crippen molar-refractivity contribution in [3.63, 3.8) is 0 Å². The third kappa shape index (κ3) is 3.79. The van der Waals surface area contributed by atoms with Gasteiger partial charge in [0.25, 0.3) is 5.69 Å². The van der Waals surface area contributed by atoms with Crippen LogP contribution < -0.4 is 15.8 Å². The number of aromatic nitrogens is 2. The normalized spacial score (nSPS) is 12.0. The minimum atomic E-state index is -0.723. The van der Waals surface area contributed by atoms with Crippen molar-refractivity contribution in [3.05, 3.63) is 82.0 Å². The highest BCUT2D eigenvalue weighted by molar-refractivity contribution is 5.93. The van der Waals surface area contributed by atoms with Crippen LogP contribution in [0.2, 0.25) is 0 Å². The second-order valence-corrected chi connectivity index (χ2v) is 6.89. The number of allylic oxidation sites excluding steroid dienone is 1. The summed E-state index contributed by atoms with van der Waals surface area (Å²) in [5, 5.41) is 2.91. The summed E-state index contributed by atoms with van der Waals surface area (Å²) >= 11 is 0. The van der Waals surface area contributed by atoms with E-state index < -0.39 is 17.5 Å². The van der Waals surface area contributed by atoms with Gasteiger partial charge in [-0.2, -0.15) is 0 Å². The quantitative estimate of drug-likeness (QED) is 0.574. The van der Waals surface area contributed by atoms with E-state index in [9.17, 15) is 13.6 Å². The number of halogens is 2. The van der Waals surface area contributed by atoms with Crippen LogP contribution in [-0.2, 0) is 6.42 Å². The van der Waals surface area contributed by atoms with Crippen molar-refractivity contribution < 1.29 is 18.3 Å². The van der Waals surface area contributed by atoms with Crippen LogP contribution in [0.15, 0.2) is 42.2 Å². The number of ether oxygens (including phenoxy) is 1. The van der Waals surface area contributed by atoms with Gasteiger partial charge in [-0.15, -0.1) is 0 Å². The maximum absolute atomic E-state index is 14.9. The lowest BCUT2D eigenvalue weighted by atomic mass is 10.1. The second-order valence-electron chi connectivity index (χ2n) is 6.89. The number of carbonyl (C=O) groups excluding carboxylic acids is 1. The summed E-state index contributed by atoms with van der Waals surface area (Å²) in [5.74, 6) is -2.38. The van der Waals surface area contributed by atoms with Gasteiger partial charge in [0.15, 0.2) is 11.6 Å². The maximum atomic E-state index is 14.9. The van der Waals surface area contributed by atoms with E-state index in [0.717, 1.165) is 18.0 Å². The van der Waals surface area contributed by atoms with Crippen molar-refractivity contribution in [1.82, 2.24) is 9.97 Å². The van der Waals surface area contributed by atoms with Gasteiger partial charge in [-0.25, -0.2) is 23.6 Å². The summed E-state index contributed by atoms with van der Waals surface area (Å²) < 4.78 is 34.8. The molecule has 2 aromatic carbocycles. The zero-order valence-electron chi connectivity index (χ0n) is 16.2. The van der Waals surface area contributed by atoms with Crippen LogP contribution in [0.25, 0.3) is 10.9 Å². The molecule has 1 amide bonds. The van der Waals surface area contributed by atoms with Crippen LogP contribution in [0.5, 0.6) is 11.6 Å². The minimum absolute atomic E-state index is 0.101. The molecule has 3 N–H and O–H groups in total. The smallest absolute Gasteiger partial charge is 0.288 e. The van der Waals surface area contributed by atoms with Gasteiger partial charge in [0.05, 0.1) is 6.57 Å². The number of nitrogens with two attached hydrogens (primary N) is 1. The molecule has 0 saturated carbocycles. The molecule has 0 bridgehead atoms. The van der Waals surface area contributed by atoms with E-state index in [1.807, 2.05) is 0 Å². The number of benzene rings is 2. The lowest BCUT2D eigenvalue weighted by molar-refractivity contribution is 0.100. The summed E-state index contributed by atoms with van der Waals surface area (Å²) in [7, 11) is 0. The van der Waals surface area contributed by atoms with Crippen molar-refractivity contribution in [1.29, 1.82) is 0 Å². The summed E-state index contributed by atoms with van der Waals surface area (Å²) in [5.41, 5.74) is 7.20. The third-order valence-electron chi connectivity index (χ3n) is 4.71. The van der Waals surface area contributed by atoms with Crippen molar-refractivity contribution in [2.75, 3.05) is 5.32 Å². The van der Waals surface area contributed by atoms with Gasteiger partial charge in [-0.3, -0.25) is 4.79 Å². The highest BCUT2D eigenvalue weighted by Crippen LogP contribution is 2.40. The van der Waals surface area contributed by atoms with E-state index in [0.29, 0.717) is 17.7 Å². The molecule has 31 heavy (non-hydrogen) atoms. The van der Waals surface area contributed by atoms with E-state index in [1.165, 1.54) is 12.1 Å². The number of primary amides is 1. The molecule has 0 unspecified atom stereocenters. The van der Waals surface area contributed by atoms with E-state index in [4.69, 9.17) is 17.0 Å². The Labute approximate surface area is 176 Å². The Balaban J connectivity index is 1.67. The highest BCUT2D eigenvalue weighted by Gasteiger charge is 2.24.